The number of nitrogens with zero attached hydrogens (tertiary/aromatic N) is 2. The largest absolute Gasteiger partial charge is 0.362 e. The van der Waals surface area contributed by atoms with Crippen LogP contribution in [-0.2, 0) is 4.79 Å². The van der Waals surface area contributed by atoms with Crippen molar-refractivity contribution in [1.29, 1.82) is 0 Å². The van der Waals surface area contributed by atoms with Crippen molar-refractivity contribution in [2.75, 3.05) is 24.4 Å². The van der Waals surface area contributed by atoms with E-state index >= 15 is 0 Å². The minimum absolute atomic E-state index is 0.0284. The zero-order valence-electron chi connectivity index (χ0n) is 15.5. The van der Waals surface area contributed by atoms with E-state index in [-0.39, 0.29) is 22.2 Å². The molecule has 0 aliphatic carbocycles. The van der Waals surface area contributed by atoms with Crippen molar-refractivity contribution in [2.24, 2.45) is 0 Å². The summed E-state index contributed by atoms with van der Waals surface area (Å²) in [6, 6.07) is 15.0. The molecule has 7 heteroatoms. The lowest BCUT2D eigenvalue weighted by molar-refractivity contribution is -0.120. The topological polar surface area (TPSA) is 40.6 Å². The van der Waals surface area contributed by atoms with E-state index in [0.29, 0.717) is 15.6 Å². The molecular weight excluding hydrogens is 412 g/mol. The third kappa shape index (κ3) is 3.41. The number of allylic oxidation sites excluding steroid dienone is 1. The van der Waals surface area contributed by atoms with Gasteiger partial charge in [0, 0.05) is 35.2 Å². The number of fused-ring (bicyclic) bond motifs is 1. The molecule has 0 aromatic heterocycles. The van der Waals surface area contributed by atoms with Crippen molar-refractivity contribution in [3.8, 4) is 0 Å². The first-order chi connectivity index (χ1) is 13.5. The van der Waals surface area contributed by atoms with Crippen molar-refractivity contribution < 1.29 is 9.59 Å². The second-order valence-corrected chi connectivity index (χ2v) is 10.1. The van der Waals surface area contributed by atoms with Gasteiger partial charge in [-0.05, 0) is 25.1 Å². The van der Waals surface area contributed by atoms with Crippen molar-refractivity contribution >= 4 is 55.4 Å². The molecule has 2 heterocycles. The van der Waals surface area contributed by atoms with E-state index in [9.17, 15) is 9.59 Å². The van der Waals surface area contributed by atoms with E-state index in [1.165, 1.54) is 11.8 Å². The summed E-state index contributed by atoms with van der Waals surface area (Å²) in [6.07, 6.45) is 1.56. The minimum Gasteiger partial charge on any atom is -0.362 e. The van der Waals surface area contributed by atoms with Crippen LogP contribution < -0.4 is 4.90 Å². The van der Waals surface area contributed by atoms with Gasteiger partial charge >= 0.3 is 0 Å². The standard InChI is InChI=1S/C21H19ClN2O2S2/c1-3-24-13-28(18-10-9-15(22)11-16(18)24)21-20(26)23(2)19(27-21)12-17(25)14-7-5-4-6-8-14/h4-12H,3,13H2,1-2H3. The van der Waals surface area contributed by atoms with Gasteiger partial charge in [-0.15, -0.1) is 10.5 Å². The lowest BCUT2D eigenvalue weighted by Crippen LogP contribution is -2.23. The van der Waals surface area contributed by atoms with Gasteiger partial charge in [0.15, 0.2) is 5.78 Å². The zero-order valence-corrected chi connectivity index (χ0v) is 17.9. The maximum atomic E-state index is 13.0. The quantitative estimate of drug-likeness (QED) is 0.397. The highest BCUT2D eigenvalue weighted by molar-refractivity contribution is 8.37. The Morgan fingerprint density at radius 2 is 2.00 bits per heavy atom. The number of amides is 1. The molecule has 0 spiro atoms. The predicted molar refractivity (Wildman–Crippen MR) is 119 cm³/mol. The van der Waals surface area contributed by atoms with Crippen molar-refractivity contribution in [1.82, 2.24) is 4.90 Å². The van der Waals surface area contributed by atoms with Crippen LogP contribution in [0.3, 0.4) is 0 Å². The monoisotopic (exact) mass is 430 g/mol. The lowest BCUT2D eigenvalue weighted by Gasteiger charge is -2.15. The second kappa shape index (κ2) is 7.78. The molecule has 4 rings (SSSR count). The molecule has 0 N–H and O–H groups in total. The third-order valence-electron chi connectivity index (χ3n) is 4.74. The Balaban J connectivity index is 1.72. The van der Waals surface area contributed by atoms with Gasteiger partial charge in [0.1, 0.15) is 4.20 Å². The van der Waals surface area contributed by atoms with Crippen LogP contribution in [0, 0.1) is 0 Å². The first kappa shape index (κ1) is 19.3. The van der Waals surface area contributed by atoms with Crippen LogP contribution in [0.25, 0.3) is 0 Å². The van der Waals surface area contributed by atoms with E-state index in [1.807, 2.05) is 36.4 Å². The molecule has 144 valence electrons. The van der Waals surface area contributed by atoms with Gasteiger partial charge in [0.2, 0.25) is 0 Å². The summed E-state index contributed by atoms with van der Waals surface area (Å²) >= 11 is 7.60. The molecule has 2 aromatic rings. The number of halogens is 1. The molecule has 0 saturated carbocycles. The van der Waals surface area contributed by atoms with Gasteiger partial charge in [0.05, 0.1) is 16.6 Å². The highest BCUT2D eigenvalue weighted by Gasteiger charge is 2.35. The number of rotatable bonds is 3. The SMILES string of the molecule is CCN1CS(=C2SC(=CC(=O)c3ccccc3)N(C)C2=O)c2ccc(Cl)cc21. The first-order valence-corrected chi connectivity index (χ1v) is 11.5. The van der Waals surface area contributed by atoms with Gasteiger partial charge in [0.25, 0.3) is 5.91 Å². The molecule has 2 aromatic carbocycles. The number of carbonyl (C=O) groups excluding carboxylic acids is 2. The molecule has 1 unspecified atom stereocenters. The van der Waals surface area contributed by atoms with Crippen LogP contribution in [0.5, 0.6) is 0 Å². The van der Waals surface area contributed by atoms with Crippen LogP contribution in [0.4, 0.5) is 5.69 Å². The molecule has 1 atom stereocenters. The molecule has 1 fully saturated rings. The molecule has 0 radical (unpaired) electrons. The summed E-state index contributed by atoms with van der Waals surface area (Å²) in [5.41, 5.74) is 1.71. The summed E-state index contributed by atoms with van der Waals surface area (Å²) < 4.78 is 0.786. The molecule has 1 amide bonds. The number of ketones is 1. The number of carbonyl (C=O) groups is 2. The number of anilines is 1. The summed E-state index contributed by atoms with van der Waals surface area (Å²) in [6.45, 7) is 2.95. The summed E-state index contributed by atoms with van der Waals surface area (Å²) in [5.74, 6) is 0.647. The van der Waals surface area contributed by atoms with Gasteiger partial charge in [-0.1, -0.05) is 53.7 Å². The smallest absolute Gasteiger partial charge is 0.271 e. The average molecular weight is 431 g/mol. The van der Waals surface area contributed by atoms with Crippen LogP contribution >= 0.6 is 33.8 Å². The van der Waals surface area contributed by atoms with Gasteiger partial charge in [-0.2, -0.15) is 0 Å². The van der Waals surface area contributed by atoms with Crippen molar-refractivity contribution in [3.05, 3.63) is 70.2 Å². The Kier molecular flexibility index (Phi) is 5.36. The van der Waals surface area contributed by atoms with Crippen LogP contribution in [-0.4, -0.2) is 40.3 Å². The van der Waals surface area contributed by atoms with E-state index in [0.717, 1.165) is 27.2 Å². The van der Waals surface area contributed by atoms with Gasteiger partial charge in [-0.25, -0.2) is 0 Å². The molecule has 2 aliphatic heterocycles. The number of thioether (sulfide) groups is 1. The summed E-state index contributed by atoms with van der Waals surface area (Å²) in [7, 11) is 1.39. The van der Waals surface area contributed by atoms with Crippen LogP contribution in [0.15, 0.2) is 64.5 Å². The summed E-state index contributed by atoms with van der Waals surface area (Å²) in [5, 5.41) is 1.37. The Bertz CT molecular complexity index is 1030. The normalized spacial score (nSPS) is 21.5. The molecule has 2 aliphatic rings. The number of hydrogen-bond acceptors (Lipinski definition) is 4. The van der Waals surface area contributed by atoms with Crippen molar-refractivity contribution in [2.45, 2.75) is 11.8 Å². The maximum absolute atomic E-state index is 13.0. The van der Waals surface area contributed by atoms with Crippen LogP contribution in [0.1, 0.15) is 17.3 Å². The lowest BCUT2D eigenvalue weighted by atomic mass is 10.1. The molecule has 1 saturated heterocycles. The van der Waals surface area contributed by atoms with Crippen LogP contribution in [0.2, 0.25) is 5.02 Å². The van der Waals surface area contributed by atoms with Gasteiger partial charge in [-0.3, -0.25) is 9.59 Å². The number of benzene rings is 2. The van der Waals surface area contributed by atoms with E-state index in [1.54, 1.807) is 30.2 Å². The average Bonchev–Trinajstić information content (AvgIpc) is 3.20. The minimum atomic E-state index is -0.343. The highest BCUT2D eigenvalue weighted by Crippen LogP contribution is 2.49. The molecule has 4 nitrogen and oxygen atoms in total. The fourth-order valence-corrected chi connectivity index (χ4v) is 7.35. The highest BCUT2D eigenvalue weighted by atomic mass is 35.5. The van der Waals surface area contributed by atoms with E-state index < -0.39 is 0 Å². The molecule has 0 bridgehead atoms. The molecular formula is C21H19ClN2O2S2. The fraction of sp³-hybridized carbons (Fsp3) is 0.190. The summed E-state index contributed by atoms with van der Waals surface area (Å²) in [4.78, 5) is 30.5. The van der Waals surface area contributed by atoms with Gasteiger partial charge < -0.3 is 9.80 Å². The Hall–Kier alpha value is -2.02. The number of hydrogen-bond donors (Lipinski definition) is 0. The van der Waals surface area contributed by atoms with E-state index in [2.05, 4.69) is 11.8 Å². The Morgan fingerprint density at radius 1 is 1.25 bits per heavy atom. The second-order valence-electron chi connectivity index (χ2n) is 6.45. The predicted octanol–water partition coefficient (Wildman–Crippen LogP) is 4.82. The Labute approximate surface area is 176 Å². The zero-order chi connectivity index (χ0) is 19.8. The third-order valence-corrected chi connectivity index (χ3v) is 8.86. The fourth-order valence-electron chi connectivity index (χ4n) is 3.19. The Morgan fingerprint density at radius 3 is 2.71 bits per heavy atom. The first-order valence-electron chi connectivity index (χ1n) is 8.89. The van der Waals surface area contributed by atoms with Crippen molar-refractivity contribution in [3.63, 3.8) is 0 Å². The maximum Gasteiger partial charge on any atom is 0.271 e. The van der Waals surface area contributed by atoms with E-state index in [4.69, 9.17) is 11.6 Å². The molecule has 28 heavy (non-hydrogen) atoms.